The highest BCUT2D eigenvalue weighted by atomic mass is 16.5. The highest BCUT2D eigenvalue weighted by Crippen LogP contribution is 2.39. The van der Waals surface area contributed by atoms with Crippen LogP contribution in [0.1, 0.15) is 29.8 Å². The van der Waals surface area contributed by atoms with E-state index in [2.05, 4.69) is 13.8 Å². The van der Waals surface area contributed by atoms with Crippen LogP contribution in [0, 0.1) is 5.41 Å². The molecular formula is C19H16O5. The lowest BCUT2D eigenvalue weighted by Gasteiger charge is -2.31. The minimum atomic E-state index is -1.12. The summed E-state index contributed by atoms with van der Waals surface area (Å²) in [4.78, 5) is 23.5. The van der Waals surface area contributed by atoms with E-state index in [0.29, 0.717) is 23.3 Å². The van der Waals surface area contributed by atoms with E-state index in [9.17, 15) is 14.7 Å². The fraction of sp³-hybridized carbons (Fsp3) is 0.263. The number of carboxylic acids is 1. The van der Waals surface area contributed by atoms with Crippen LogP contribution in [-0.4, -0.2) is 17.7 Å². The number of rotatable bonds is 1. The van der Waals surface area contributed by atoms with Gasteiger partial charge in [0.15, 0.2) is 5.43 Å². The highest BCUT2D eigenvalue weighted by molar-refractivity contribution is 5.98. The van der Waals surface area contributed by atoms with Crippen LogP contribution in [0.25, 0.3) is 22.1 Å². The molecule has 0 fully saturated rings. The summed E-state index contributed by atoms with van der Waals surface area (Å²) in [5.41, 5.74) is 2.23. The third kappa shape index (κ3) is 2.24. The molecule has 1 N–H and O–H groups in total. The molecule has 5 heteroatoms. The molecule has 1 aromatic rings. The monoisotopic (exact) mass is 324 g/mol. The van der Waals surface area contributed by atoms with Gasteiger partial charge in [0.1, 0.15) is 17.6 Å². The Bertz CT molecular complexity index is 1010. The van der Waals surface area contributed by atoms with Crippen molar-refractivity contribution in [2.24, 2.45) is 5.41 Å². The lowest BCUT2D eigenvalue weighted by Crippen LogP contribution is -2.28. The molecular weight excluding hydrogens is 308 g/mol. The Morgan fingerprint density at radius 1 is 1.17 bits per heavy atom. The van der Waals surface area contributed by atoms with Crippen molar-refractivity contribution in [2.75, 3.05) is 6.61 Å². The molecule has 1 aromatic carbocycles. The third-order valence-electron chi connectivity index (χ3n) is 4.43. The molecule has 2 heterocycles. The molecule has 0 unspecified atom stereocenters. The lowest BCUT2D eigenvalue weighted by molar-refractivity contribution is 0.0697. The van der Waals surface area contributed by atoms with E-state index in [0.717, 1.165) is 29.2 Å². The molecule has 0 aromatic heterocycles. The van der Waals surface area contributed by atoms with E-state index in [1.165, 1.54) is 12.3 Å². The average Bonchev–Trinajstić information content (AvgIpc) is 2.52. The zero-order valence-electron chi connectivity index (χ0n) is 13.4. The highest BCUT2D eigenvalue weighted by Gasteiger charge is 2.28. The van der Waals surface area contributed by atoms with Gasteiger partial charge in [0.05, 0.1) is 17.7 Å². The lowest BCUT2D eigenvalue weighted by atomic mass is 9.83. The molecule has 3 aliphatic rings. The van der Waals surface area contributed by atoms with Crippen molar-refractivity contribution in [3.63, 3.8) is 0 Å². The van der Waals surface area contributed by atoms with E-state index in [1.807, 2.05) is 12.1 Å². The fourth-order valence-corrected chi connectivity index (χ4v) is 3.24. The number of hydrogen-bond donors (Lipinski definition) is 1. The Hall–Kier alpha value is -2.82. The van der Waals surface area contributed by atoms with Crippen LogP contribution in [0.2, 0.25) is 0 Å². The van der Waals surface area contributed by atoms with Crippen LogP contribution in [0.3, 0.4) is 0 Å². The molecule has 0 saturated heterocycles. The van der Waals surface area contributed by atoms with Crippen LogP contribution in [-0.2, 0) is 6.42 Å². The first kappa shape index (κ1) is 14.8. The molecule has 2 aliphatic heterocycles. The molecule has 5 nitrogen and oxygen atoms in total. The van der Waals surface area contributed by atoms with E-state index in [4.69, 9.17) is 9.15 Å². The Morgan fingerprint density at radius 2 is 1.96 bits per heavy atom. The topological polar surface area (TPSA) is 76.7 Å². The predicted octanol–water partition coefficient (Wildman–Crippen LogP) is 3.56. The molecule has 0 spiro atoms. The second-order valence-corrected chi connectivity index (χ2v) is 7.06. The van der Waals surface area contributed by atoms with Crippen LogP contribution < -0.4 is 10.2 Å². The van der Waals surface area contributed by atoms with Crippen molar-refractivity contribution in [3.05, 3.63) is 51.9 Å². The number of aromatic carboxylic acids is 1. The molecule has 0 saturated carbocycles. The summed E-state index contributed by atoms with van der Waals surface area (Å²) < 4.78 is 11.4. The summed E-state index contributed by atoms with van der Waals surface area (Å²) in [5.74, 6) is -0.341. The van der Waals surface area contributed by atoms with Crippen molar-refractivity contribution in [1.82, 2.24) is 0 Å². The fourth-order valence-electron chi connectivity index (χ4n) is 3.24. The molecule has 0 amide bonds. The minimum Gasteiger partial charge on any atom is -0.493 e. The van der Waals surface area contributed by atoms with Crippen molar-refractivity contribution in [3.8, 4) is 16.9 Å². The van der Waals surface area contributed by atoms with Crippen LogP contribution >= 0.6 is 0 Å². The SMILES string of the molecule is CC1(C)COc2cc3occ4c(=O)cc(C(=O)O)cc-4c3cc2C1. The van der Waals surface area contributed by atoms with Gasteiger partial charge in [-0.3, -0.25) is 4.79 Å². The van der Waals surface area contributed by atoms with E-state index < -0.39 is 5.97 Å². The zero-order chi connectivity index (χ0) is 17.1. The summed E-state index contributed by atoms with van der Waals surface area (Å²) in [5, 5.41) is 9.95. The van der Waals surface area contributed by atoms with Gasteiger partial charge < -0.3 is 14.3 Å². The van der Waals surface area contributed by atoms with Gasteiger partial charge in [-0.25, -0.2) is 4.79 Å². The van der Waals surface area contributed by atoms with Gasteiger partial charge >= 0.3 is 5.97 Å². The second-order valence-electron chi connectivity index (χ2n) is 7.06. The Balaban J connectivity index is 2.04. The first-order valence-corrected chi connectivity index (χ1v) is 7.72. The number of hydrogen-bond acceptors (Lipinski definition) is 4. The summed E-state index contributed by atoms with van der Waals surface area (Å²) in [6.07, 6.45) is 2.22. The normalized spacial score (nSPS) is 15.9. The van der Waals surface area contributed by atoms with Crippen molar-refractivity contribution in [2.45, 2.75) is 20.3 Å². The van der Waals surface area contributed by atoms with Gasteiger partial charge in [0.25, 0.3) is 0 Å². The number of carboxylic acid groups (broad SMARTS) is 1. The Morgan fingerprint density at radius 3 is 2.71 bits per heavy atom. The van der Waals surface area contributed by atoms with Gasteiger partial charge in [-0.1, -0.05) is 13.8 Å². The zero-order valence-corrected chi connectivity index (χ0v) is 13.4. The van der Waals surface area contributed by atoms with Crippen LogP contribution in [0.5, 0.6) is 5.75 Å². The molecule has 0 radical (unpaired) electrons. The molecule has 0 bridgehead atoms. The number of ether oxygens (including phenoxy) is 1. The quantitative estimate of drug-likeness (QED) is 0.693. The molecule has 0 atom stereocenters. The molecule has 122 valence electrons. The predicted molar refractivity (Wildman–Crippen MR) is 89.0 cm³/mol. The van der Waals surface area contributed by atoms with Gasteiger partial charge in [-0.2, -0.15) is 0 Å². The number of fused-ring (bicyclic) bond motifs is 4. The largest absolute Gasteiger partial charge is 0.493 e. The smallest absolute Gasteiger partial charge is 0.335 e. The van der Waals surface area contributed by atoms with Crippen molar-refractivity contribution < 1.29 is 19.1 Å². The standard InChI is InChI=1S/C19H16O5/c1-19(2)7-11-4-13-12-3-10(18(21)22)5-15(20)14(12)8-23-17(13)6-16(11)24-9-19/h3-6,8H,7,9H2,1-2H3,(H,21,22). The number of carbonyl (C=O) groups is 1. The maximum atomic E-state index is 12.2. The summed E-state index contributed by atoms with van der Waals surface area (Å²) in [6, 6.07) is 6.41. The van der Waals surface area contributed by atoms with Gasteiger partial charge in [0, 0.05) is 28.5 Å². The van der Waals surface area contributed by atoms with Gasteiger partial charge in [-0.15, -0.1) is 0 Å². The van der Waals surface area contributed by atoms with E-state index in [-0.39, 0.29) is 16.4 Å². The summed E-state index contributed by atoms with van der Waals surface area (Å²) >= 11 is 0. The van der Waals surface area contributed by atoms with Gasteiger partial charge in [0.2, 0.25) is 0 Å². The third-order valence-corrected chi connectivity index (χ3v) is 4.43. The number of benzene rings is 2. The minimum absolute atomic E-state index is 0.0192. The van der Waals surface area contributed by atoms with E-state index in [1.54, 1.807) is 0 Å². The van der Waals surface area contributed by atoms with Crippen molar-refractivity contribution in [1.29, 1.82) is 0 Å². The maximum Gasteiger partial charge on any atom is 0.335 e. The van der Waals surface area contributed by atoms with Crippen LogP contribution in [0.4, 0.5) is 0 Å². The first-order chi connectivity index (χ1) is 11.3. The first-order valence-electron chi connectivity index (χ1n) is 7.72. The average molecular weight is 324 g/mol. The second kappa shape index (κ2) is 4.84. The maximum absolute atomic E-state index is 12.2. The molecule has 1 aliphatic carbocycles. The molecule has 24 heavy (non-hydrogen) atoms. The van der Waals surface area contributed by atoms with Crippen LogP contribution in [0.15, 0.2) is 39.7 Å². The molecule has 4 rings (SSSR count). The Kier molecular flexibility index (Phi) is 2.97. The Labute approximate surface area is 137 Å². The van der Waals surface area contributed by atoms with Gasteiger partial charge in [-0.05, 0) is 24.1 Å². The van der Waals surface area contributed by atoms with Crippen molar-refractivity contribution >= 4 is 16.9 Å². The summed E-state index contributed by atoms with van der Waals surface area (Å²) in [7, 11) is 0. The summed E-state index contributed by atoms with van der Waals surface area (Å²) in [6.45, 7) is 4.89. The van der Waals surface area contributed by atoms with E-state index >= 15 is 0 Å².